The molecule has 0 aromatic heterocycles. The molecule has 0 unspecified atom stereocenters. The highest BCUT2D eigenvalue weighted by molar-refractivity contribution is 5.80. The summed E-state index contributed by atoms with van der Waals surface area (Å²) in [6, 6.07) is 6.61. The summed E-state index contributed by atoms with van der Waals surface area (Å²) in [6.07, 6.45) is 3.38. The first-order valence-electron chi connectivity index (χ1n) is 7.52. The smallest absolute Gasteiger partial charge is 0.191 e. The van der Waals surface area contributed by atoms with E-state index in [1.165, 1.54) is 18.4 Å². The third-order valence-corrected chi connectivity index (χ3v) is 3.38. The predicted molar refractivity (Wildman–Crippen MR) is 85.4 cm³/mol. The minimum Gasteiger partial charge on any atom is -0.493 e. The first kappa shape index (κ1) is 15.5. The summed E-state index contributed by atoms with van der Waals surface area (Å²) in [5, 5.41) is 6.69. The zero-order valence-corrected chi connectivity index (χ0v) is 13.1. The van der Waals surface area contributed by atoms with Crippen LogP contribution in [-0.4, -0.2) is 39.3 Å². The van der Waals surface area contributed by atoms with Gasteiger partial charge in [-0.1, -0.05) is 6.07 Å². The highest BCUT2D eigenvalue weighted by Gasteiger charge is 2.21. The van der Waals surface area contributed by atoms with E-state index in [2.05, 4.69) is 28.6 Å². The van der Waals surface area contributed by atoms with E-state index in [1.54, 1.807) is 14.2 Å². The molecule has 2 rings (SSSR count). The highest BCUT2D eigenvalue weighted by Crippen LogP contribution is 2.27. The van der Waals surface area contributed by atoms with Gasteiger partial charge in [0.2, 0.25) is 0 Å². The molecule has 1 aliphatic carbocycles. The maximum atomic E-state index is 5.32. The quantitative estimate of drug-likeness (QED) is 0.596. The molecular weight excluding hydrogens is 266 g/mol. The number of aliphatic imine (C=N–C) groups is 1. The Morgan fingerprint density at radius 3 is 2.62 bits per heavy atom. The van der Waals surface area contributed by atoms with Crippen LogP contribution in [-0.2, 0) is 6.42 Å². The molecule has 0 radical (unpaired) electrons. The lowest BCUT2D eigenvalue weighted by Crippen LogP contribution is -2.38. The summed E-state index contributed by atoms with van der Waals surface area (Å²) in [6.45, 7) is 3.71. The van der Waals surface area contributed by atoms with Crippen molar-refractivity contribution in [2.24, 2.45) is 4.99 Å². The number of hydrogen-bond acceptors (Lipinski definition) is 3. The predicted octanol–water partition coefficient (Wildman–Crippen LogP) is 1.96. The van der Waals surface area contributed by atoms with Crippen LogP contribution in [0.5, 0.6) is 11.5 Å². The lowest BCUT2D eigenvalue weighted by molar-refractivity contribution is 0.354. The molecule has 2 N–H and O–H groups in total. The maximum Gasteiger partial charge on any atom is 0.191 e. The molecule has 1 aromatic carbocycles. The molecule has 0 atom stereocenters. The van der Waals surface area contributed by atoms with Crippen LogP contribution in [0.3, 0.4) is 0 Å². The Hall–Kier alpha value is -1.91. The zero-order chi connectivity index (χ0) is 15.1. The van der Waals surface area contributed by atoms with Crippen molar-refractivity contribution in [1.82, 2.24) is 10.6 Å². The Labute approximate surface area is 126 Å². The van der Waals surface area contributed by atoms with Crippen LogP contribution in [0.4, 0.5) is 0 Å². The van der Waals surface area contributed by atoms with Crippen LogP contribution in [0.15, 0.2) is 23.2 Å². The minimum absolute atomic E-state index is 0.615. The Kier molecular flexibility index (Phi) is 5.72. The summed E-state index contributed by atoms with van der Waals surface area (Å²) in [7, 11) is 3.30. The van der Waals surface area contributed by atoms with Crippen molar-refractivity contribution in [3.63, 3.8) is 0 Å². The standard InChI is InChI=1S/C16H25N3O2/c1-4-17-16(19-13-6-7-13)18-10-9-12-5-8-14(20-2)15(11-12)21-3/h5,8,11,13H,4,6-7,9-10H2,1-3H3,(H2,17,18,19). The number of guanidine groups is 1. The minimum atomic E-state index is 0.615. The lowest BCUT2D eigenvalue weighted by Gasteiger charge is -2.11. The van der Waals surface area contributed by atoms with Gasteiger partial charge in [-0.15, -0.1) is 0 Å². The monoisotopic (exact) mass is 291 g/mol. The van der Waals surface area contributed by atoms with Gasteiger partial charge in [0.1, 0.15) is 0 Å². The third kappa shape index (κ3) is 4.85. The number of rotatable bonds is 7. The fraction of sp³-hybridized carbons (Fsp3) is 0.562. The molecule has 1 fully saturated rings. The van der Waals surface area contributed by atoms with E-state index in [9.17, 15) is 0 Å². The summed E-state index contributed by atoms with van der Waals surface area (Å²) in [5.41, 5.74) is 1.19. The Balaban J connectivity index is 1.91. The second kappa shape index (κ2) is 7.76. The van der Waals surface area contributed by atoms with Crippen molar-refractivity contribution in [2.75, 3.05) is 27.3 Å². The van der Waals surface area contributed by atoms with Gasteiger partial charge >= 0.3 is 0 Å². The topological polar surface area (TPSA) is 54.9 Å². The summed E-state index contributed by atoms with van der Waals surface area (Å²) < 4.78 is 10.6. The van der Waals surface area contributed by atoms with E-state index in [-0.39, 0.29) is 0 Å². The van der Waals surface area contributed by atoms with Gasteiger partial charge < -0.3 is 20.1 Å². The molecule has 0 bridgehead atoms. The molecule has 5 nitrogen and oxygen atoms in total. The van der Waals surface area contributed by atoms with Gasteiger partial charge in [0.05, 0.1) is 14.2 Å². The van der Waals surface area contributed by atoms with Crippen molar-refractivity contribution >= 4 is 5.96 Å². The van der Waals surface area contributed by atoms with E-state index < -0.39 is 0 Å². The molecule has 21 heavy (non-hydrogen) atoms. The molecule has 0 spiro atoms. The van der Waals surface area contributed by atoms with Crippen molar-refractivity contribution in [3.05, 3.63) is 23.8 Å². The largest absolute Gasteiger partial charge is 0.493 e. The Morgan fingerprint density at radius 2 is 2.00 bits per heavy atom. The van der Waals surface area contributed by atoms with Crippen molar-refractivity contribution in [1.29, 1.82) is 0 Å². The normalized spacial score (nSPS) is 14.7. The van der Waals surface area contributed by atoms with Crippen molar-refractivity contribution < 1.29 is 9.47 Å². The molecule has 0 aliphatic heterocycles. The zero-order valence-electron chi connectivity index (χ0n) is 13.1. The van der Waals surface area contributed by atoms with Gasteiger partial charge in [0, 0.05) is 19.1 Å². The number of hydrogen-bond donors (Lipinski definition) is 2. The number of benzene rings is 1. The molecule has 0 amide bonds. The van der Waals surface area contributed by atoms with Gasteiger partial charge in [0.15, 0.2) is 17.5 Å². The first-order valence-corrected chi connectivity index (χ1v) is 7.52. The summed E-state index contributed by atoms with van der Waals surface area (Å²) >= 11 is 0. The van der Waals surface area contributed by atoms with E-state index in [0.29, 0.717) is 6.04 Å². The van der Waals surface area contributed by atoms with E-state index >= 15 is 0 Å². The second-order valence-electron chi connectivity index (χ2n) is 5.12. The number of nitrogens with zero attached hydrogens (tertiary/aromatic N) is 1. The van der Waals surface area contributed by atoms with Crippen LogP contribution in [0.2, 0.25) is 0 Å². The van der Waals surface area contributed by atoms with E-state index in [0.717, 1.165) is 37.0 Å². The van der Waals surface area contributed by atoms with Crippen LogP contribution in [0.25, 0.3) is 0 Å². The molecule has 116 valence electrons. The van der Waals surface area contributed by atoms with E-state index in [1.807, 2.05) is 12.1 Å². The Morgan fingerprint density at radius 1 is 1.24 bits per heavy atom. The molecular formula is C16H25N3O2. The van der Waals surface area contributed by atoms with Crippen LogP contribution in [0, 0.1) is 0 Å². The SMILES string of the molecule is CCNC(=NCCc1ccc(OC)c(OC)c1)NC1CC1. The molecule has 1 aliphatic rings. The summed E-state index contributed by atoms with van der Waals surface area (Å²) in [4.78, 5) is 4.61. The molecule has 1 aromatic rings. The van der Waals surface area contributed by atoms with E-state index in [4.69, 9.17) is 9.47 Å². The highest BCUT2D eigenvalue weighted by atomic mass is 16.5. The molecule has 0 heterocycles. The van der Waals surface area contributed by atoms with Gasteiger partial charge in [-0.25, -0.2) is 0 Å². The van der Waals surface area contributed by atoms with Gasteiger partial charge in [-0.3, -0.25) is 4.99 Å². The average Bonchev–Trinajstić information content (AvgIpc) is 3.31. The summed E-state index contributed by atoms with van der Waals surface area (Å²) in [5.74, 6) is 2.44. The molecule has 0 saturated heterocycles. The molecule has 1 saturated carbocycles. The van der Waals surface area contributed by atoms with Crippen LogP contribution in [0.1, 0.15) is 25.3 Å². The average molecular weight is 291 g/mol. The number of ether oxygens (including phenoxy) is 2. The fourth-order valence-electron chi connectivity index (χ4n) is 2.07. The van der Waals surface area contributed by atoms with Gasteiger partial charge in [-0.05, 0) is 43.9 Å². The van der Waals surface area contributed by atoms with Crippen LogP contribution >= 0.6 is 0 Å². The van der Waals surface area contributed by atoms with Crippen molar-refractivity contribution in [3.8, 4) is 11.5 Å². The fourth-order valence-corrected chi connectivity index (χ4v) is 2.07. The maximum absolute atomic E-state index is 5.32. The van der Waals surface area contributed by atoms with Crippen molar-refractivity contribution in [2.45, 2.75) is 32.2 Å². The van der Waals surface area contributed by atoms with Crippen LogP contribution < -0.4 is 20.1 Å². The Bertz CT molecular complexity index is 484. The van der Waals surface area contributed by atoms with Gasteiger partial charge in [0.25, 0.3) is 0 Å². The second-order valence-corrected chi connectivity index (χ2v) is 5.12. The number of methoxy groups -OCH3 is 2. The lowest BCUT2D eigenvalue weighted by atomic mass is 10.1. The van der Waals surface area contributed by atoms with Gasteiger partial charge in [-0.2, -0.15) is 0 Å². The third-order valence-electron chi connectivity index (χ3n) is 3.38. The number of nitrogens with one attached hydrogen (secondary N) is 2. The first-order chi connectivity index (χ1) is 10.3. The molecule has 5 heteroatoms.